The van der Waals surface area contributed by atoms with E-state index >= 15 is 0 Å². The van der Waals surface area contributed by atoms with Gasteiger partial charge in [0, 0.05) is 18.5 Å². The molecule has 0 fully saturated rings. The van der Waals surface area contributed by atoms with Crippen LogP contribution in [0.4, 0.5) is 0 Å². The Morgan fingerprint density at radius 3 is 2.07 bits per heavy atom. The fourth-order valence-corrected chi connectivity index (χ4v) is 1.63. The van der Waals surface area contributed by atoms with Gasteiger partial charge in [-0.1, -0.05) is 17.9 Å². The van der Waals surface area contributed by atoms with Gasteiger partial charge in [-0.25, -0.2) is 0 Å². The molecule has 1 heteroatoms. The van der Waals surface area contributed by atoms with Crippen LogP contribution < -0.4 is 5.73 Å². The topological polar surface area (TPSA) is 26.0 Å². The number of hydrogen-bond donors (Lipinski definition) is 1. The summed E-state index contributed by atoms with van der Waals surface area (Å²) in [5.41, 5.74) is 11.8. The lowest BCUT2D eigenvalue weighted by Crippen LogP contribution is -1.97. The van der Waals surface area contributed by atoms with Crippen molar-refractivity contribution >= 4 is 0 Å². The van der Waals surface area contributed by atoms with Crippen LogP contribution in [-0.2, 0) is 0 Å². The van der Waals surface area contributed by atoms with Crippen LogP contribution in [0.25, 0.3) is 0 Å². The molecule has 0 radical (unpaired) electrons. The smallest absolute Gasteiger partial charge is 0.0308 e. The first-order chi connectivity index (χ1) is 7.07. The van der Waals surface area contributed by atoms with Gasteiger partial charge in [0.25, 0.3) is 0 Å². The molecule has 1 rings (SSSR count). The normalized spacial score (nSPS) is 9.67. The van der Waals surface area contributed by atoms with E-state index in [2.05, 4.69) is 45.6 Å². The molecule has 0 aliphatic carbocycles. The standard InChI is InChI=1S/C14H19N/c1-10-9-11(2)13(4)14(12(10)3)7-5-6-8-15/h9H,6,8,15H2,1-4H3. The summed E-state index contributed by atoms with van der Waals surface area (Å²) in [7, 11) is 0. The maximum atomic E-state index is 5.43. The van der Waals surface area contributed by atoms with Crippen molar-refractivity contribution in [3.05, 3.63) is 33.9 Å². The van der Waals surface area contributed by atoms with Gasteiger partial charge < -0.3 is 5.73 Å². The molecule has 0 saturated heterocycles. The van der Waals surface area contributed by atoms with Crippen LogP contribution in [-0.4, -0.2) is 6.54 Å². The highest BCUT2D eigenvalue weighted by molar-refractivity contribution is 5.52. The van der Waals surface area contributed by atoms with E-state index in [-0.39, 0.29) is 0 Å². The molecular formula is C14H19N. The van der Waals surface area contributed by atoms with Gasteiger partial charge in [-0.05, 0) is 49.9 Å². The van der Waals surface area contributed by atoms with Gasteiger partial charge in [-0.15, -0.1) is 0 Å². The van der Waals surface area contributed by atoms with Crippen LogP contribution in [0, 0.1) is 39.5 Å². The molecule has 15 heavy (non-hydrogen) atoms. The molecule has 1 aromatic carbocycles. The summed E-state index contributed by atoms with van der Waals surface area (Å²) in [6, 6.07) is 2.22. The Morgan fingerprint density at radius 2 is 1.60 bits per heavy atom. The van der Waals surface area contributed by atoms with E-state index in [9.17, 15) is 0 Å². The SMILES string of the molecule is Cc1cc(C)c(C)c(C#CCCN)c1C. The predicted octanol–water partition coefficient (Wildman–Crippen LogP) is 2.62. The lowest BCUT2D eigenvalue weighted by Gasteiger charge is -2.10. The predicted molar refractivity (Wildman–Crippen MR) is 65.9 cm³/mol. The first-order valence-electron chi connectivity index (χ1n) is 5.34. The van der Waals surface area contributed by atoms with Gasteiger partial charge in [0.1, 0.15) is 0 Å². The van der Waals surface area contributed by atoms with Crippen molar-refractivity contribution in [3.63, 3.8) is 0 Å². The Kier molecular flexibility index (Phi) is 3.94. The molecule has 0 atom stereocenters. The maximum Gasteiger partial charge on any atom is 0.0308 e. The van der Waals surface area contributed by atoms with E-state index in [1.54, 1.807) is 0 Å². The second kappa shape index (κ2) is 5.00. The third-order valence-corrected chi connectivity index (χ3v) is 2.85. The van der Waals surface area contributed by atoms with Crippen molar-refractivity contribution in [2.24, 2.45) is 5.73 Å². The van der Waals surface area contributed by atoms with Crippen LogP contribution in [0.5, 0.6) is 0 Å². The van der Waals surface area contributed by atoms with Gasteiger partial charge in [-0.2, -0.15) is 0 Å². The molecule has 0 unspecified atom stereocenters. The summed E-state index contributed by atoms with van der Waals surface area (Å²) in [6.45, 7) is 9.17. The number of aryl methyl sites for hydroxylation is 2. The van der Waals surface area contributed by atoms with Gasteiger partial charge in [0.2, 0.25) is 0 Å². The lowest BCUT2D eigenvalue weighted by molar-refractivity contribution is 1.03. The molecule has 0 aliphatic heterocycles. The summed E-state index contributed by atoms with van der Waals surface area (Å²) in [5.74, 6) is 6.35. The van der Waals surface area contributed by atoms with Gasteiger partial charge in [-0.3, -0.25) is 0 Å². The molecular weight excluding hydrogens is 182 g/mol. The average molecular weight is 201 g/mol. The largest absolute Gasteiger partial charge is 0.330 e. The monoisotopic (exact) mass is 201 g/mol. The first kappa shape index (κ1) is 11.8. The second-order valence-electron chi connectivity index (χ2n) is 3.98. The summed E-state index contributed by atoms with van der Waals surface area (Å²) in [6.07, 6.45) is 0.770. The zero-order chi connectivity index (χ0) is 11.4. The van der Waals surface area contributed by atoms with E-state index in [1.165, 1.54) is 27.8 Å². The van der Waals surface area contributed by atoms with E-state index in [4.69, 9.17) is 5.73 Å². The summed E-state index contributed by atoms with van der Waals surface area (Å²) in [4.78, 5) is 0. The zero-order valence-electron chi connectivity index (χ0n) is 10.1. The molecule has 0 heterocycles. The Balaban J connectivity index is 3.23. The summed E-state index contributed by atoms with van der Waals surface area (Å²) >= 11 is 0. The highest BCUT2D eigenvalue weighted by Gasteiger charge is 2.05. The number of rotatable bonds is 1. The highest BCUT2D eigenvalue weighted by Crippen LogP contribution is 2.20. The molecule has 0 aromatic heterocycles. The number of benzene rings is 1. The molecule has 80 valence electrons. The van der Waals surface area contributed by atoms with Gasteiger partial charge in [0.15, 0.2) is 0 Å². The van der Waals surface area contributed by atoms with Crippen LogP contribution in [0.1, 0.15) is 34.2 Å². The quantitative estimate of drug-likeness (QED) is 0.694. The summed E-state index contributed by atoms with van der Waals surface area (Å²) < 4.78 is 0. The maximum absolute atomic E-state index is 5.43. The Labute approximate surface area is 92.7 Å². The van der Waals surface area contributed by atoms with Crippen LogP contribution in [0.3, 0.4) is 0 Å². The molecule has 0 saturated carbocycles. The van der Waals surface area contributed by atoms with Crippen molar-refractivity contribution in [3.8, 4) is 11.8 Å². The minimum Gasteiger partial charge on any atom is -0.330 e. The van der Waals surface area contributed by atoms with E-state index in [1.807, 2.05) is 0 Å². The van der Waals surface area contributed by atoms with E-state index in [0.717, 1.165) is 6.42 Å². The van der Waals surface area contributed by atoms with Crippen molar-refractivity contribution < 1.29 is 0 Å². The number of hydrogen-bond acceptors (Lipinski definition) is 1. The minimum atomic E-state index is 0.635. The Hall–Kier alpha value is -1.26. The second-order valence-corrected chi connectivity index (χ2v) is 3.98. The van der Waals surface area contributed by atoms with Crippen LogP contribution in [0.2, 0.25) is 0 Å². The van der Waals surface area contributed by atoms with Crippen molar-refractivity contribution in [1.82, 2.24) is 0 Å². The molecule has 0 spiro atoms. The third-order valence-electron chi connectivity index (χ3n) is 2.85. The van der Waals surface area contributed by atoms with E-state index < -0.39 is 0 Å². The van der Waals surface area contributed by atoms with Crippen molar-refractivity contribution in [1.29, 1.82) is 0 Å². The Morgan fingerprint density at radius 1 is 1.07 bits per heavy atom. The first-order valence-corrected chi connectivity index (χ1v) is 5.34. The Bertz CT molecular complexity index is 393. The summed E-state index contributed by atoms with van der Waals surface area (Å²) in [5, 5.41) is 0. The van der Waals surface area contributed by atoms with Gasteiger partial charge >= 0.3 is 0 Å². The molecule has 1 nitrogen and oxygen atoms in total. The molecule has 0 aliphatic rings. The molecule has 0 amide bonds. The van der Waals surface area contributed by atoms with Crippen LogP contribution >= 0.6 is 0 Å². The highest BCUT2D eigenvalue weighted by atomic mass is 14.5. The van der Waals surface area contributed by atoms with E-state index in [0.29, 0.717) is 6.54 Å². The van der Waals surface area contributed by atoms with Crippen LogP contribution in [0.15, 0.2) is 6.07 Å². The van der Waals surface area contributed by atoms with Crippen molar-refractivity contribution in [2.75, 3.05) is 6.54 Å². The lowest BCUT2D eigenvalue weighted by atomic mass is 9.94. The number of nitrogens with two attached hydrogens (primary N) is 1. The van der Waals surface area contributed by atoms with Gasteiger partial charge in [0.05, 0.1) is 0 Å². The molecule has 2 N–H and O–H groups in total. The fourth-order valence-electron chi connectivity index (χ4n) is 1.63. The molecule has 1 aromatic rings. The zero-order valence-corrected chi connectivity index (χ0v) is 10.1. The fraction of sp³-hybridized carbons (Fsp3) is 0.429. The third kappa shape index (κ3) is 2.61. The minimum absolute atomic E-state index is 0.635. The molecule has 0 bridgehead atoms. The average Bonchev–Trinajstić information content (AvgIpc) is 2.20. The van der Waals surface area contributed by atoms with Crippen molar-refractivity contribution in [2.45, 2.75) is 34.1 Å².